The van der Waals surface area contributed by atoms with Crippen LogP contribution in [-0.4, -0.2) is 49.8 Å². The molecule has 0 aromatic heterocycles. The van der Waals surface area contributed by atoms with Crippen molar-refractivity contribution < 1.29 is 4.74 Å². The lowest BCUT2D eigenvalue weighted by atomic mass is 10.00. The summed E-state index contributed by atoms with van der Waals surface area (Å²) in [5.74, 6) is 2.52. The molecule has 2 heterocycles. The van der Waals surface area contributed by atoms with E-state index in [9.17, 15) is 0 Å². The Kier molecular flexibility index (Phi) is 6.61. The number of nitrogens with zero attached hydrogens (tertiary/aromatic N) is 3. The van der Waals surface area contributed by atoms with Gasteiger partial charge in [0.1, 0.15) is 17.7 Å². The highest BCUT2D eigenvalue weighted by Crippen LogP contribution is 2.39. The SMILES string of the molecule is C=c1c(Cl)cc(C2CC2)c/c1=C/N=C(\C)Nc1cc(O[C@@H]2CCNC2)cc(C2C=NN(C)C2)c1. The van der Waals surface area contributed by atoms with Gasteiger partial charge in [-0.05, 0) is 79.3 Å². The van der Waals surface area contributed by atoms with Gasteiger partial charge in [-0.1, -0.05) is 18.2 Å². The van der Waals surface area contributed by atoms with E-state index in [4.69, 9.17) is 16.3 Å². The van der Waals surface area contributed by atoms with Crippen molar-refractivity contribution in [2.45, 2.75) is 44.1 Å². The maximum atomic E-state index is 6.43. The third-order valence-corrected chi connectivity index (χ3v) is 6.94. The first-order valence-electron chi connectivity index (χ1n) is 12.0. The summed E-state index contributed by atoms with van der Waals surface area (Å²) in [4.78, 5) is 4.68. The first-order valence-corrected chi connectivity index (χ1v) is 12.4. The number of likely N-dealkylation sites (N-methyl/N-ethyl adjacent to an activating group) is 1. The average Bonchev–Trinajstić information content (AvgIpc) is 3.37. The number of hydrogen-bond acceptors (Lipinski definition) is 5. The molecule has 3 aliphatic rings. The van der Waals surface area contributed by atoms with Gasteiger partial charge >= 0.3 is 0 Å². The van der Waals surface area contributed by atoms with E-state index < -0.39 is 0 Å². The Balaban J connectivity index is 1.40. The molecule has 2 aromatic rings. The van der Waals surface area contributed by atoms with Crippen LogP contribution in [0.3, 0.4) is 0 Å². The number of anilines is 1. The van der Waals surface area contributed by atoms with Crippen LogP contribution in [0.2, 0.25) is 5.02 Å². The molecular formula is C27H32ClN5O. The molecule has 5 rings (SSSR count). The number of hydrazone groups is 1. The molecule has 0 amide bonds. The molecule has 34 heavy (non-hydrogen) atoms. The molecule has 0 bridgehead atoms. The molecule has 2 N–H and O–H groups in total. The fourth-order valence-electron chi connectivity index (χ4n) is 4.52. The number of nitrogens with one attached hydrogen (secondary N) is 2. The van der Waals surface area contributed by atoms with Gasteiger partial charge in [0.05, 0.1) is 0 Å². The molecule has 1 unspecified atom stereocenters. The largest absolute Gasteiger partial charge is 0.489 e. The van der Waals surface area contributed by atoms with Gasteiger partial charge in [-0.15, -0.1) is 0 Å². The highest BCUT2D eigenvalue weighted by molar-refractivity contribution is 6.30. The number of halogens is 1. The third kappa shape index (κ3) is 5.45. The second-order valence-corrected chi connectivity index (χ2v) is 9.96. The standard InChI is InChI=1S/C27H32ClN5O/c1-17-22(8-20(11-27(17)28)19-4-5-19)13-30-18(2)32-24-9-21(23-14-31-33(3)16-23)10-26(12-24)34-25-6-7-29-15-25/h8-14,19,23,25,29H,1,4-7,15-16H2,2-3H3,(H,30,32)/b22-13-/t23?,25-/m1/s1. The van der Waals surface area contributed by atoms with Crippen LogP contribution >= 0.6 is 11.6 Å². The Morgan fingerprint density at radius 2 is 2.09 bits per heavy atom. The van der Waals surface area contributed by atoms with E-state index in [1.54, 1.807) is 0 Å². The van der Waals surface area contributed by atoms with Crippen molar-refractivity contribution in [2.24, 2.45) is 10.1 Å². The zero-order valence-electron chi connectivity index (χ0n) is 19.9. The maximum absolute atomic E-state index is 6.43. The summed E-state index contributed by atoms with van der Waals surface area (Å²) in [6.45, 7) is 8.84. The van der Waals surface area contributed by atoms with E-state index in [0.717, 1.165) is 53.8 Å². The van der Waals surface area contributed by atoms with E-state index in [2.05, 4.69) is 45.5 Å². The lowest BCUT2D eigenvalue weighted by Gasteiger charge is -2.18. The Hall–Kier alpha value is -2.83. The summed E-state index contributed by atoms with van der Waals surface area (Å²) in [7, 11) is 1.99. The second-order valence-electron chi connectivity index (χ2n) is 9.55. The highest BCUT2D eigenvalue weighted by atomic mass is 35.5. The van der Waals surface area contributed by atoms with Gasteiger partial charge in [0, 0.05) is 60.5 Å². The van der Waals surface area contributed by atoms with Gasteiger partial charge in [-0.3, -0.25) is 5.01 Å². The topological polar surface area (TPSA) is 61.3 Å². The summed E-state index contributed by atoms with van der Waals surface area (Å²) >= 11 is 6.43. The maximum Gasteiger partial charge on any atom is 0.122 e. The minimum absolute atomic E-state index is 0.199. The van der Waals surface area contributed by atoms with Gasteiger partial charge in [0.2, 0.25) is 0 Å². The van der Waals surface area contributed by atoms with Crippen molar-refractivity contribution in [3.05, 3.63) is 56.9 Å². The van der Waals surface area contributed by atoms with E-state index in [0.29, 0.717) is 10.9 Å². The van der Waals surface area contributed by atoms with E-state index in [1.165, 1.54) is 24.0 Å². The smallest absolute Gasteiger partial charge is 0.122 e. The van der Waals surface area contributed by atoms with Crippen LogP contribution in [0.1, 0.15) is 49.1 Å². The summed E-state index contributed by atoms with van der Waals surface area (Å²) in [5, 5.41) is 15.7. The molecule has 1 saturated carbocycles. The third-order valence-electron chi connectivity index (χ3n) is 6.60. The Labute approximate surface area is 206 Å². The number of hydrogen-bond donors (Lipinski definition) is 2. The molecule has 0 radical (unpaired) electrons. The molecule has 1 saturated heterocycles. The van der Waals surface area contributed by atoms with Crippen molar-refractivity contribution in [3.63, 3.8) is 0 Å². The summed E-state index contributed by atoms with van der Waals surface area (Å²) in [6, 6.07) is 10.6. The van der Waals surface area contributed by atoms with Crippen LogP contribution in [0.15, 0.2) is 40.4 Å². The first-order chi connectivity index (χ1) is 16.4. The van der Waals surface area contributed by atoms with Crippen molar-refractivity contribution in [1.29, 1.82) is 0 Å². The van der Waals surface area contributed by atoms with Crippen molar-refractivity contribution in [2.75, 3.05) is 32.0 Å². The zero-order valence-corrected chi connectivity index (χ0v) is 20.6. The number of rotatable bonds is 6. The van der Waals surface area contributed by atoms with Crippen LogP contribution in [0.4, 0.5) is 5.69 Å². The van der Waals surface area contributed by atoms with Gasteiger partial charge in [-0.25, -0.2) is 4.99 Å². The van der Waals surface area contributed by atoms with Crippen LogP contribution in [0, 0.1) is 0 Å². The van der Waals surface area contributed by atoms with Crippen LogP contribution < -0.4 is 25.8 Å². The molecule has 0 spiro atoms. The average molecular weight is 478 g/mol. The molecule has 1 aliphatic carbocycles. The van der Waals surface area contributed by atoms with Gasteiger partial charge in [-0.2, -0.15) is 5.10 Å². The van der Waals surface area contributed by atoms with Gasteiger partial charge in [0.15, 0.2) is 0 Å². The van der Waals surface area contributed by atoms with Crippen LogP contribution in [0.5, 0.6) is 5.75 Å². The molecule has 178 valence electrons. The first kappa shape index (κ1) is 22.9. The van der Waals surface area contributed by atoms with E-state index >= 15 is 0 Å². The predicted molar refractivity (Wildman–Crippen MR) is 142 cm³/mol. The van der Waals surface area contributed by atoms with Crippen LogP contribution in [0.25, 0.3) is 12.8 Å². The Morgan fingerprint density at radius 3 is 2.79 bits per heavy atom. The molecule has 2 atom stereocenters. The van der Waals surface area contributed by atoms with Crippen molar-refractivity contribution >= 4 is 42.1 Å². The molecule has 7 heteroatoms. The van der Waals surface area contributed by atoms with Crippen LogP contribution in [-0.2, 0) is 0 Å². The number of ether oxygens (including phenoxy) is 1. The van der Waals surface area contributed by atoms with Crippen molar-refractivity contribution in [3.8, 4) is 5.75 Å². The number of amidine groups is 1. The highest BCUT2D eigenvalue weighted by Gasteiger charge is 2.24. The zero-order chi connectivity index (χ0) is 23.7. The summed E-state index contributed by atoms with van der Waals surface area (Å²) in [6.07, 6.45) is 7.54. The van der Waals surface area contributed by atoms with E-state index in [1.807, 2.05) is 43.5 Å². The summed E-state index contributed by atoms with van der Waals surface area (Å²) < 4.78 is 6.29. The lowest BCUT2D eigenvalue weighted by Crippen LogP contribution is -2.24. The predicted octanol–water partition coefficient (Wildman–Crippen LogP) is 3.65. The normalized spacial score (nSPS) is 23.1. The summed E-state index contributed by atoms with van der Waals surface area (Å²) in [5.41, 5.74) is 3.42. The minimum Gasteiger partial charge on any atom is -0.489 e. The fourth-order valence-corrected chi connectivity index (χ4v) is 4.75. The molecular weight excluding hydrogens is 446 g/mol. The number of aliphatic imine (C=N–C) groups is 1. The molecule has 2 aromatic carbocycles. The monoisotopic (exact) mass is 477 g/mol. The van der Waals surface area contributed by atoms with E-state index in [-0.39, 0.29) is 12.0 Å². The van der Waals surface area contributed by atoms with Crippen molar-refractivity contribution in [1.82, 2.24) is 10.3 Å². The Bertz CT molecular complexity index is 1230. The minimum atomic E-state index is 0.199. The quantitative estimate of drug-likeness (QED) is 0.492. The molecule has 2 fully saturated rings. The van der Waals surface area contributed by atoms with Gasteiger partial charge < -0.3 is 15.4 Å². The number of benzene rings is 2. The fraction of sp³-hybridized carbons (Fsp3) is 0.407. The lowest BCUT2D eigenvalue weighted by molar-refractivity contribution is 0.223. The molecule has 6 nitrogen and oxygen atoms in total. The second kappa shape index (κ2) is 9.80. The molecule has 2 aliphatic heterocycles. The Morgan fingerprint density at radius 1 is 1.24 bits per heavy atom. The van der Waals surface area contributed by atoms with Gasteiger partial charge in [0.25, 0.3) is 0 Å².